The Hall–Kier alpha value is -8.46. The predicted molar refractivity (Wildman–Crippen MR) is 330 cm³/mol. The van der Waals surface area contributed by atoms with Crippen LogP contribution in [0.15, 0.2) is 274 Å². The molecule has 2 heteroatoms. The second kappa shape index (κ2) is 29.8. The van der Waals surface area contributed by atoms with E-state index < -0.39 is 0 Å². The van der Waals surface area contributed by atoms with Gasteiger partial charge in [0.1, 0.15) is 0 Å². The molecule has 0 aliphatic heterocycles. The molecule has 0 fully saturated rings. The Morgan fingerprint density at radius 1 is 0.473 bits per heavy atom. The summed E-state index contributed by atoms with van der Waals surface area (Å²) in [6, 6.07) is 70.7. The van der Waals surface area contributed by atoms with Crippen molar-refractivity contribution in [2.75, 3.05) is 4.90 Å². The molecular formula is C72H76N2. The zero-order valence-corrected chi connectivity index (χ0v) is 45.4. The van der Waals surface area contributed by atoms with Gasteiger partial charge >= 0.3 is 0 Å². The average molecular weight is 969 g/mol. The largest absolute Gasteiger partial charge is 0.311 e. The second-order valence-corrected chi connectivity index (χ2v) is 18.2. The van der Waals surface area contributed by atoms with Crippen LogP contribution in [0.5, 0.6) is 0 Å². The van der Waals surface area contributed by atoms with Crippen LogP contribution in [0.4, 0.5) is 17.1 Å². The number of hydrogen-bond donors (Lipinski definition) is 0. The summed E-state index contributed by atoms with van der Waals surface area (Å²) < 4.78 is 2.34. The van der Waals surface area contributed by atoms with E-state index in [0.717, 1.165) is 39.3 Å². The first-order chi connectivity index (χ1) is 36.0. The highest BCUT2D eigenvalue weighted by Gasteiger charge is 2.15. The maximum Gasteiger partial charge on any atom is 0.0543 e. The van der Waals surface area contributed by atoms with Crippen molar-refractivity contribution in [2.45, 2.75) is 68.7 Å². The van der Waals surface area contributed by atoms with E-state index >= 15 is 0 Å². The van der Waals surface area contributed by atoms with E-state index in [2.05, 4.69) is 272 Å². The molecule has 0 unspecified atom stereocenters. The van der Waals surface area contributed by atoms with E-state index in [1.54, 1.807) is 6.08 Å². The summed E-state index contributed by atoms with van der Waals surface area (Å²) in [6.45, 7) is 30.5. The Labute approximate surface area is 444 Å². The number of rotatable bonds is 11. The standard InChI is InChI=1S/C38H35N.C19H15N.C7H8.C5H10.C3H8/c1-6-10-30(9-4)32-17-23-36(24-18-32)39(37-25-19-34(20-26-37)31(11-7-2)12-8-3)38-27-21-35(22-28-38)33-15-13-29(5)14-16-33;1-14-11-12-17-16-9-5-6-10-18(16)20(19(17)13-14)15-7-3-2-4-8-15;1-7-5-3-2-4-6-7;1-4-5(2)3;1-3-2/h6-28H,1-2,4H2,3,5H3;2-13H,1H3;2-6H,1H3;4H,1-3H3;3H2,1-2H3/b12-8-,30-10+,31-11+;;;;. The molecule has 0 saturated heterocycles. The van der Waals surface area contributed by atoms with Gasteiger partial charge < -0.3 is 9.47 Å². The van der Waals surface area contributed by atoms with Gasteiger partial charge in [0.25, 0.3) is 0 Å². The van der Waals surface area contributed by atoms with Gasteiger partial charge in [-0.05, 0) is 148 Å². The van der Waals surface area contributed by atoms with E-state index in [9.17, 15) is 0 Å². The van der Waals surface area contributed by atoms with Gasteiger partial charge in [0.15, 0.2) is 0 Å². The van der Waals surface area contributed by atoms with Gasteiger partial charge in [-0.25, -0.2) is 0 Å². The maximum atomic E-state index is 3.95. The summed E-state index contributed by atoms with van der Waals surface area (Å²) in [5.41, 5.74) is 19.1. The number of hydrogen-bond acceptors (Lipinski definition) is 1. The van der Waals surface area contributed by atoms with Gasteiger partial charge in [-0.15, -0.1) is 0 Å². The zero-order valence-electron chi connectivity index (χ0n) is 45.4. The molecule has 0 saturated carbocycles. The van der Waals surface area contributed by atoms with E-state index in [4.69, 9.17) is 0 Å². The second-order valence-electron chi connectivity index (χ2n) is 18.2. The van der Waals surface area contributed by atoms with Crippen LogP contribution in [-0.4, -0.2) is 4.57 Å². The van der Waals surface area contributed by atoms with Crippen molar-refractivity contribution >= 4 is 50.0 Å². The molecule has 0 bridgehead atoms. The number of fused-ring (bicyclic) bond motifs is 3. The third-order valence-electron chi connectivity index (χ3n) is 12.0. The summed E-state index contributed by atoms with van der Waals surface area (Å²) in [5, 5.41) is 2.63. The Kier molecular flexibility index (Phi) is 22.7. The SMILES string of the molecule is C=C/C=C(\C=C)c1ccc(N(c2ccc(C(/C=C\C)=C/C=C)cc2)c2ccc(-c3ccc(C)cc3)cc2)cc1.CC=C(C)C.CCC.Cc1ccc2c3ccccc3n(-c3ccccc3)c2c1.Cc1ccccc1. The monoisotopic (exact) mass is 969 g/mol. The number of aromatic nitrogens is 1. The molecule has 0 spiro atoms. The van der Waals surface area contributed by atoms with Gasteiger partial charge in [0, 0.05) is 33.5 Å². The van der Waals surface area contributed by atoms with E-state index in [-0.39, 0.29) is 0 Å². The minimum Gasteiger partial charge on any atom is -0.311 e. The number of allylic oxidation sites excluding steroid dienone is 11. The van der Waals surface area contributed by atoms with Crippen molar-refractivity contribution in [3.8, 4) is 16.8 Å². The lowest BCUT2D eigenvalue weighted by Crippen LogP contribution is -2.10. The number of nitrogens with zero attached hydrogens (tertiary/aromatic N) is 2. The van der Waals surface area contributed by atoms with Crippen LogP contribution in [0.3, 0.4) is 0 Å². The van der Waals surface area contributed by atoms with Gasteiger partial charge in [-0.1, -0.05) is 245 Å². The zero-order chi connectivity index (χ0) is 53.2. The minimum atomic E-state index is 1.04. The Morgan fingerprint density at radius 2 is 0.892 bits per heavy atom. The van der Waals surface area contributed by atoms with Crippen LogP contribution < -0.4 is 4.90 Å². The average Bonchev–Trinajstić information content (AvgIpc) is 3.75. The van der Waals surface area contributed by atoms with Gasteiger partial charge in [-0.3, -0.25) is 0 Å². The molecule has 74 heavy (non-hydrogen) atoms. The highest BCUT2D eigenvalue weighted by atomic mass is 15.1. The van der Waals surface area contributed by atoms with Crippen molar-refractivity contribution in [2.24, 2.45) is 0 Å². The lowest BCUT2D eigenvalue weighted by molar-refractivity contribution is 1.09. The van der Waals surface area contributed by atoms with Crippen LogP contribution in [-0.2, 0) is 0 Å². The van der Waals surface area contributed by atoms with Crippen LogP contribution in [0.2, 0.25) is 0 Å². The van der Waals surface area contributed by atoms with Gasteiger partial charge in [-0.2, -0.15) is 0 Å². The third-order valence-corrected chi connectivity index (χ3v) is 12.0. The fraction of sp³-hybridized carbons (Fsp3) is 0.139. The highest BCUT2D eigenvalue weighted by molar-refractivity contribution is 6.09. The fourth-order valence-electron chi connectivity index (χ4n) is 8.04. The summed E-state index contributed by atoms with van der Waals surface area (Å²) in [6.07, 6.45) is 17.0. The van der Waals surface area contributed by atoms with Crippen LogP contribution >= 0.6 is 0 Å². The van der Waals surface area contributed by atoms with Crippen LogP contribution in [0, 0.1) is 20.8 Å². The molecule has 374 valence electrons. The highest BCUT2D eigenvalue weighted by Crippen LogP contribution is 2.37. The van der Waals surface area contributed by atoms with Crippen LogP contribution in [0.1, 0.15) is 75.8 Å². The lowest BCUT2D eigenvalue weighted by Gasteiger charge is -2.26. The first-order valence-corrected chi connectivity index (χ1v) is 25.8. The molecule has 0 N–H and O–H groups in total. The summed E-state index contributed by atoms with van der Waals surface area (Å²) >= 11 is 0. The number of para-hydroxylation sites is 2. The summed E-state index contributed by atoms with van der Waals surface area (Å²) in [5.74, 6) is 0. The smallest absolute Gasteiger partial charge is 0.0543 e. The summed E-state index contributed by atoms with van der Waals surface area (Å²) in [7, 11) is 0. The fourth-order valence-corrected chi connectivity index (χ4v) is 8.04. The molecular weight excluding hydrogens is 893 g/mol. The van der Waals surface area contributed by atoms with Crippen molar-refractivity contribution < 1.29 is 0 Å². The molecule has 9 rings (SSSR count). The third kappa shape index (κ3) is 16.0. The molecule has 1 aromatic heterocycles. The van der Waals surface area contributed by atoms with Crippen molar-refractivity contribution in [3.05, 3.63) is 302 Å². The number of aryl methyl sites for hydroxylation is 3. The Bertz CT molecular complexity index is 3260. The number of benzene rings is 8. The minimum absolute atomic E-state index is 1.04. The maximum absolute atomic E-state index is 3.95. The molecule has 0 amide bonds. The molecule has 0 atom stereocenters. The molecule has 0 aliphatic carbocycles. The van der Waals surface area contributed by atoms with Crippen molar-refractivity contribution in [3.63, 3.8) is 0 Å². The lowest BCUT2D eigenvalue weighted by atomic mass is 10.0. The molecule has 8 aromatic carbocycles. The first kappa shape index (κ1) is 56.5. The molecule has 9 aromatic rings. The normalized spacial score (nSPS) is 10.8. The van der Waals surface area contributed by atoms with E-state index in [0.29, 0.717) is 0 Å². The number of anilines is 3. The van der Waals surface area contributed by atoms with Crippen molar-refractivity contribution in [1.82, 2.24) is 4.57 Å². The Morgan fingerprint density at radius 3 is 1.36 bits per heavy atom. The summed E-state index contributed by atoms with van der Waals surface area (Å²) in [4.78, 5) is 2.28. The van der Waals surface area contributed by atoms with E-state index in [1.807, 2.05) is 62.4 Å². The van der Waals surface area contributed by atoms with Gasteiger partial charge in [0.05, 0.1) is 11.0 Å². The first-order valence-electron chi connectivity index (χ1n) is 25.8. The van der Waals surface area contributed by atoms with Gasteiger partial charge in [0.2, 0.25) is 0 Å². The molecule has 0 aliphatic rings. The topological polar surface area (TPSA) is 8.17 Å². The predicted octanol–water partition coefficient (Wildman–Crippen LogP) is 21.5. The molecule has 1 heterocycles. The molecule has 0 radical (unpaired) electrons. The van der Waals surface area contributed by atoms with Crippen LogP contribution in [0.25, 0.3) is 49.8 Å². The Balaban J connectivity index is 0.000000236. The van der Waals surface area contributed by atoms with E-state index in [1.165, 1.54) is 67.3 Å². The molecule has 2 nitrogen and oxygen atoms in total. The van der Waals surface area contributed by atoms with Crippen molar-refractivity contribution in [1.29, 1.82) is 0 Å². The quantitative estimate of drug-likeness (QED) is 0.0926.